The molecule has 1 aromatic carbocycles. The van der Waals surface area contributed by atoms with Gasteiger partial charge in [0, 0.05) is 11.2 Å². The first kappa shape index (κ1) is 8.06. The summed E-state index contributed by atoms with van der Waals surface area (Å²) in [6, 6.07) is 8.52. The summed E-state index contributed by atoms with van der Waals surface area (Å²) >= 11 is 3.46. The number of hydrogen-bond donors (Lipinski definition) is 0. The Balaban J connectivity index is 2.30. The average molecular weight is 222 g/mol. The van der Waals surface area contributed by atoms with Gasteiger partial charge in [-0.05, 0) is 23.6 Å². The molecule has 1 aliphatic rings. The molecule has 0 saturated carbocycles. The van der Waals surface area contributed by atoms with Gasteiger partial charge < -0.3 is 0 Å². The van der Waals surface area contributed by atoms with Gasteiger partial charge in [0.1, 0.15) is 0 Å². The van der Waals surface area contributed by atoms with Crippen LogP contribution in [-0.2, 0) is 0 Å². The van der Waals surface area contributed by atoms with Crippen molar-refractivity contribution in [2.24, 2.45) is 0 Å². The minimum atomic E-state index is 0.514. The lowest BCUT2D eigenvalue weighted by atomic mass is 9.99. The lowest BCUT2D eigenvalue weighted by Gasteiger charge is -2.07. The predicted molar refractivity (Wildman–Crippen MR) is 55.3 cm³/mol. The second-order valence-electron chi connectivity index (χ2n) is 2.97. The van der Waals surface area contributed by atoms with E-state index >= 15 is 0 Å². The molecule has 0 heterocycles. The van der Waals surface area contributed by atoms with Gasteiger partial charge in [-0.3, -0.25) is 0 Å². The van der Waals surface area contributed by atoms with Crippen LogP contribution in [0.4, 0.5) is 0 Å². The molecule has 61 valence electrons. The third kappa shape index (κ3) is 1.34. The molecule has 1 heteroatoms. The largest absolute Gasteiger partial charge is 0.0928 e. The van der Waals surface area contributed by atoms with Crippen molar-refractivity contribution < 1.29 is 0 Å². The average Bonchev–Trinajstić information content (AvgIpc) is 2.50. The Bertz CT molecular complexity index is 302. The second-order valence-corrected chi connectivity index (χ2v) is 3.76. The molecule has 0 fully saturated rings. The van der Waals surface area contributed by atoms with Gasteiger partial charge in [0.25, 0.3) is 0 Å². The zero-order valence-electron chi connectivity index (χ0n) is 6.76. The van der Waals surface area contributed by atoms with Crippen molar-refractivity contribution in [3.05, 3.63) is 41.5 Å². The molecule has 1 aromatic rings. The fraction of sp³-hybridized carbons (Fsp3) is 0.273. The number of alkyl halides is 1. The van der Waals surface area contributed by atoms with Gasteiger partial charge in [-0.1, -0.05) is 46.3 Å². The highest BCUT2D eigenvalue weighted by Crippen LogP contribution is 2.31. The summed E-state index contributed by atoms with van der Waals surface area (Å²) < 4.78 is 0. The highest BCUT2D eigenvalue weighted by molar-refractivity contribution is 9.09. The lowest BCUT2D eigenvalue weighted by molar-refractivity contribution is 0.814. The van der Waals surface area contributed by atoms with Crippen molar-refractivity contribution in [2.45, 2.75) is 12.3 Å². The lowest BCUT2D eigenvalue weighted by Crippen LogP contribution is -1.93. The normalized spacial score (nSPS) is 19.6. The van der Waals surface area contributed by atoms with Crippen molar-refractivity contribution in [3.63, 3.8) is 0 Å². The van der Waals surface area contributed by atoms with Gasteiger partial charge in [-0.2, -0.15) is 0 Å². The van der Waals surface area contributed by atoms with Crippen LogP contribution < -0.4 is 0 Å². The Hall–Kier alpha value is -0.560. The smallest absolute Gasteiger partial charge is 0.0106 e. The highest BCUT2D eigenvalue weighted by Gasteiger charge is 2.15. The molecule has 2 rings (SSSR count). The summed E-state index contributed by atoms with van der Waals surface area (Å²) in [5.41, 5.74) is 2.76. The number of halogens is 1. The van der Waals surface area contributed by atoms with E-state index in [2.05, 4.69) is 52.3 Å². The van der Waals surface area contributed by atoms with E-state index in [1.807, 2.05) is 0 Å². The summed E-state index contributed by atoms with van der Waals surface area (Å²) in [6.07, 6.45) is 6.61. The SMILES string of the molecule is BrCCC1[C]=Cc2ccccc21. The Morgan fingerprint density at radius 1 is 1.33 bits per heavy atom. The van der Waals surface area contributed by atoms with Gasteiger partial charge >= 0.3 is 0 Å². The molecule has 1 unspecified atom stereocenters. The van der Waals surface area contributed by atoms with E-state index in [1.54, 1.807) is 0 Å². The zero-order chi connectivity index (χ0) is 8.39. The van der Waals surface area contributed by atoms with Crippen molar-refractivity contribution >= 4 is 22.0 Å². The van der Waals surface area contributed by atoms with Crippen molar-refractivity contribution in [1.29, 1.82) is 0 Å². The molecule has 1 aliphatic carbocycles. The molecule has 0 aromatic heterocycles. The molecule has 1 radical (unpaired) electrons. The van der Waals surface area contributed by atoms with Gasteiger partial charge in [-0.25, -0.2) is 0 Å². The summed E-state index contributed by atoms with van der Waals surface area (Å²) in [5, 5.41) is 1.05. The molecule has 0 nitrogen and oxygen atoms in total. The van der Waals surface area contributed by atoms with E-state index in [0.29, 0.717) is 5.92 Å². The van der Waals surface area contributed by atoms with Crippen LogP contribution in [0.3, 0.4) is 0 Å². The fourth-order valence-electron chi connectivity index (χ4n) is 1.59. The summed E-state index contributed by atoms with van der Waals surface area (Å²) in [4.78, 5) is 0. The zero-order valence-corrected chi connectivity index (χ0v) is 8.34. The number of fused-ring (bicyclic) bond motifs is 1. The Morgan fingerprint density at radius 3 is 3.00 bits per heavy atom. The Kier molecular flexibility index (Phi) is 2.31. The van der Waals surface area contributed by atoms with Gasteiger partial charge in [0.05, 0.1) is 0 Å². The first-order valence-electron chi connectivity index (χ1n) is 4.16. The number of allylic oxidation sites excluding steroid dienone is 1. The van der Waals surface area contributed by atoms with Crippen LogP contribution in [0, 0.1) is 6.08 Å². The Morgan fingerprint density at radius 2 is 2.17 bits per heavy atom. The van der Waals surface area contributed by atoms with E-state index in [9.17, 15) is 0 Å². The maximum Gasteiger partial charge on any atom is 0.0106 e. The quantitative estimate of drug-likeness (QED) is 0.673. The minimum absolute atomic E-state index is 0.514. The van der Waals surface area contributed by atoms with Gasteiger partial charge in [0.15, 0.2) is 0 Å². The van der Waals surface area contributed by atoms with Gasteiger partial charge in [-0.15, -0.1) is 0 Å². The number of rotatable bonds is 2. The summed E-state index contributed by atoms with van der Waals surface area (Å²) in [7, 11) is 0. The van der Waals surface area contributed by atoms with Crippen LogP contribution in [0.15, 0.2) is 24.3 Å². The second kappa shape index (κ2) is 3.44. The monoisotopic (exact) mass is 221 g/mol. The maximum absolute atomic E-state index is 3.46. The molecule has 12 heavy (non-hydrogen) atoms. The molecular formula is C11H10Br. The first-order valence-corrected chi connectivity index (χ1v) is 5.28. The van der Waals surface area contributed by atoms with E-state index < -0.39 is 0 Å². The number of benzene rings is 1. The van der Waals surface area contributed by atoms with Crippen LogP contribution in [0.1, 0.15) is 23.5 Å². The Labute approximate surface area is 81.4 Å². The molecule has 0 saturated heterocycles. The molecular weight excluding hydrogens is 212 g/mol. The van der Waals surface area contributed by atoms with E-state index in [-0.39, 0.29) is 0 Å². The molecule has 0 aliphatic heterocycles. The van der Waals surface area contributed by atoms with Crippen molar-refractivity contribution in [2.75, 3.05) is 5.33 Å². The summed E-state index contributed by atoms with van der Waals surface area (Å²) in [5.74, 6) is 0.514. The topological polar surface area (TPSA) is 0 Å². The predicted octanol–water partition coefficient (Wildman–Crippen LogP) is 3.39. The maximum atomic E-state index is 3.46. The summed E-state index contributed by atoms with van der Waals surface area (Å²) in [6.45, 7) is 0. The van der Waals surface area contributed by atoms with Crippen LogP contribution in [0.5, 0.6) is 0 Å². The van der Waals surface area contributed by atoms with Crippen LogP contribution in [0.25, 0.3) is 6.08 Å². The van der Waals surface area contributed by atoms with Crippen LogP contribution in [0.2, 0.25) is 0 Å². The molecule has 0 spiro atoms. The van der Waals surface area contributed by atoms with Crippen molar-refractivity contribution in [3.8, 4) is 0 Å². The minimum Gasteiger partial charge on any atom is -0.0928 e. The van der Waals surface area contributed by atoms with Crippen LogP contribution in [-0.4, -0.2) is 5.33 Å². The standard InChI is InChI=1S/C11H10Br/c12-8-7-10-6-5-9-3-1-2-4-11(9)10/h1-5,10H,7-8H2. The van der Waals surface area contributed by atoms with E-state index in [4.69, 9.17) is 0 Å². The van der Waals surface area contributed by atoms with Crippen LogP contribution >= 0.6 is 15.9 Å². The fourth-order valence-corrected chi connectivity index (χ4v) is 2.05. The van der Waals surface area contributed by atoms with E-state index in [1.165, 1.54) is 11.1 Å². The molecule has 0 bridgehead atoms. The molecule has 1 atom stereocenters. The third-order valence-electron chi connectivity index (χ3n) is 2.21. The highest BCUT2D eigenvalue weighted by atomic mass is 79.9. The number of hydrogen-bond acceptors (Lipinski definition) is 0. The van der Waals surface area contributed by atoms with E-state index in [0.717, 1.165) is 11.8 Å². The van der Waals surface area contributed by atoms with Crippen molar-refractivity contribution in [1.82, 2.24) is 0 Å². The molecule has 0 N–H and O–H groups in total. The third-order valence-corrected chi connectivity index (χ3v) is 2.67. The van der Waals surface area contributed by atoms with Gasteiger partial charge in [0.2, 0.25) is 0 Å². The molecule has 0 amide bonds. The first-order chi connectivity index (χ1) is 5.92.